The molecule has 3 aromatic rings. The minimum absolute atomic E-state index is 0.129. The van der Waals surface area contributed by atoms with Crippen molar-refractivity contribution >= 4 is 22.9 Å². The lowest BCUT2D eigenvalue weighted by atomic mass is 10.2. The van der Waals surface area contributed by atoms with Crippen molar-refractivity contribution in [3.63, 3.8) is 0 Å². The Morgan fingerprint density at radius 3 is 2.57 bits per heavy atom. The summed E-state index contributed by atoms with van der Waals surface area (Å²) in [5.74, 6) is -0.129. The zero-order valence-corrected chi connectivity index (χ0v) is 13.4. The normalized spacial score (nSPS) is 10.7. The van der Waals surface area contributed by atoms with E-state index in [4.69, 9.17) is 0 Å². The molecule has 118 valence electrons. The van der Waals surface area contributed by atoms with Gasteiger partial charge in [-0.25, -0.2) is 4.98 Å². The lowest BCUT2D eigenvalue weighted by molar-refractivity contribution is 0.102. The fourth-order valence-electron chi connectivity index (χ4n) is 2.60. The molecule has 0 aliphatic carbocycles. The van der Waals surface area contributed by atoms with E-state index >= 15 is 0 Å². The van der Waals surface area contributed by atoms with Crippen LogP contribution in [0.5, 0.6) is 0 Å². The third kappa shape index (κ3) is 3.18. The number of nitrogens with one attached hydrogen (secondary N) is 1. The molecule has 1 amide bonds. The van der Waals surface area contributed by atoms with Crippen LogP contribution in [0.3, 0.4) is 0 Å². The van der Waals surface area contributed by atoms with E-state index in [1.807, 2.05) is 40.9 Å². The van der Waals surface area contributed by atoms with E-state index in [1.165, 1.54) is 0 Å². The Kier molecular flexibility index (Phi) is 4.28. The molecule has 5 heteroatoms. The second kappa shape index (κ2) is 6.52. The maximum atomic E-state index is 12.4. The number of amides is 1. The predicted octanol–water partition coefficient (Wildman–Crippen LogP) is 3.43. The monoisotopic (exact) mass is 308 g/mol. The van der Waals surface area contributed by atoms with Gasteiger partial charge in [0.15, 0.2) is 0 Å². The van der Waals surface area contributed by atoms with Gasteiger partial charge in [0.2, 0.25) is 0 Å². The Bertz CT molecular complexity index is 803. The lowest BCUT2D eigenvalue weighted by Gasteiger charge is -2.21. The lowest BCUT2D eigenvalue weighted by Crippen LogP contribution is -2.21. The predicted molar refractivity (Wildman–Crippen MR) is 93.1 cm³/mol. The molecule has 23 heavy (non-hydrogen) atoms. The molecule has 0 saturated carbocycles. The molecule has 0 spiro atoms. The number of hydrogen-bond donors (Lipinski definition) is 1. The van der Waals surface area contributed by atoms with E-state index in [9.17, 15) is 4.79 Å². The molecule has 2 heterocycles. The highest BCUT2D eigenvalue weighted by Crippen LogP contribution is 2.18. The topological polar surface area (TPSA) is 49.6 Å². The molecule has 1 aromatic carbocycles. The fourth-order valence-corrected chi connectivity index (χ4v) is 2.60. The smallest absolute Gasteiger partial charge is 0.257 e. The number of benzene rings is 1. The first-order chi connectivity index (χ1) is 11.2. The molecule has 0 radical (unpaired) electrons. The number of nitrogens with zero attached hydrogens (tertiary/aromatic N) is 3. The summed E-state index contributed by atoms with van der Waals surface area (Å²) >= 11 is 0. The Morgan fingerprint density at radius 2 is 1.87 bits per heavy atom. The van der Waals surface area contributed by atoms with Gasteiger partial charge in [-0.15, -0.1) is 0 Å². The van der Waals surface area contributed by atoms with Crippen molar-refractivity contribution in [3.05, 3.63) is 60.6 Å². The molecule has 0 saturated heterocycles. The molecule has 1 N–H and O–H groups in total. The van der Waals surface area contributed by atoms with Crippen molar-refractivity contribution in [2.24, 2.45) is 0 Å². The van der Waals surface area contributed by atoms with E-state index in [2.05, 4.69) is 29.0 Å². The van der Waals surface area contributed by atoms with Gasteiger partial charge in [-0.3, -0.25) is 4.79 Å². The largest absolute Gasteiger partial charge is 0.372 e. The molecular formula is C18H20N4O. The summed E-state index contributed by atoms with van der Waals surface area (Å²) in [6, 6.07) is 11.5. The number of imidazole rings is 1. The van der Waals surface area contributed by atoms with Crippen molar-refractivity contribution < 1.29 is 4.79 Å². The molecule has 0 fully saturated rings. The number of carbonyl (C=O) groups is 1. The summed E-state index contributed by atoms with van der Waals surface area (Å²) in [5, 5.41) is 2.93. The van der Waals surface area contributed by atoms with Crippen LogP contribution < -0.4 is 10.2 Å². The van der Waals surface area contributed by atoms with Crippen LogP contribution in [-0.4, -0.2) is 28.4 Å². The second-order valence-corrected chi connectivity index (χ2v) is 5.28. The average molecular weight is 308 g/mol. The minimum atomic E-state index is -0.129. The van der Waals surface area contributed by atoms with Crippen LogP contribution in [0.15, 0.2) is 55.0 Å². The third-order valence-electron chi connectivity index (χ3n) is 3.90. The van der Waals surface area contributed by atoms with Gasteiger partial charge in [0.25, 0.3) is 5.91 Å². The SMILES string of the molecule is CCN(CC)c1ccc(NC(=O)c2ccc3nccn3c2)cc1. The van der Waals surface area contributed by atoms with Crippen molar-refractivity contribution in [1.29, 1.82) is 0 Å². The van der Waals surface area contributed by atoms with Gasteiger partial charge in [-0.1, -0.05) is 0 Å². The summed E-state index contributed by atoms with van der Waals surface area (Å²) in [6.07, 6.45) is 5.32. The van der Waals surface area contributed by atoms with Gasteiger partial charge in [-0.05, 0) is 50.2 Å². The van der Waals surface area contributed by atoms with E-state index in [-0.39, 0.29) is 5.91 Å². The highest BCUT2D eigenvalue weighted by atomic mass is 16.1. The van der Waals surface area contributed by atoms with Crippen LogP contribution in [0.2, 0.25) is 0 Å². The van der Waals surface area contributed by atoms with Gasteiger partial charge in [0.05, 0.1) is 5.56 Å². The summed E-state index contributed by atoms with van der Waals surface area (Å²) in [5.41, 5.74) is 3.37. The van der Waals surface area contributed by atoms with E-state index in [0.29, 0.717) is 5.56 Å². The summed E-state index contributed by atoms with van der Waals surface area (Å²) < 4.78 is 1.83. The molecule has 0 unspecified atom stereocenters. The highest BCUT2D eigenvalue weighted by molar-refractivity contribution is 6.04. The molecular weight excluding hydrogens is 288 g/mol. The number of fused-ring (bicyclic) bond motifs is 1. The number of hydrogen-bond acceptors (Lipinski definition) is 3. The first-order valence-electron chi connectivity index (χ1n) is 7.80. The van der Waals surface area contributed by atoms with Crippen molar-refractivity contribution in [1.82, 2.24) is 9.38 Å². The number of aromatic nitrogens is 2. The second-order valence-electron chi connectivity index (χ2n) is 5.28. The number of anilines is 2. The molecule has 0 aliphatic heterocycles. The number of pyridine rings is 1. The molecule has 0 bridgehead atoms. The highest BCUT2D eigenvalue weighted by Gasteiger charge is 2.08. The first-order valence-corrected chi connectivity index (χ1v) is 7.80. The van der Waals surface area contributed by atoms with Crippen molar-refractivity contribution in [2.45, 2.75) is 13.8 Å². The zero-order valence-electron chi connectivity index (χ0n) is 13.4. The van der Waals surface area contributed by atoms with Crippen LogP contribution in [0.4, 0.5) is 11.4 Å². The van der Waals surface area contributed by atoms with E-state index < -0.39 is 0 Å². The summed E-state index contributed by atoms with van der Waals surface area (Å²) in [7, 11) is 0. The maximum absolute atomic E-state index is 12.4. The molecule has 0 aliphatic rings. The molecule has 3 rings (SSSR count). The van der Waals surface area contributed by atoms with Crippen LogP contribution >= 0.6 is 0 Å². The van der Waals surface area contributed by atoms with Gasteiger partial charge >= 0.3 is 0 Å². The van der Waals surface area contributed by atoms with Crippen LogP contribution in [0.1, 0.15) is 24.2 Å². The fraction of sp³-hybridized carbons (Fsp3) is 0.222. The summed E-state index contributed by atoms with van der Waals surface area (Å²) in [4.78, 5) is 18.8. The standard InChI is InChI=1S/C18H20N4O/c1-3-21(4-2)16-8-6-15(7-9-16)20-18(23)14-5-10-17-19-11-12-22(17)13-14/h5-13H,3-4H2,1-2H3,(H,20,23). The summed E-state index contributed by atoms with van der Waals surface area (Å²) in [6.45, 7) is 6.19. The first kappa shape index (κ1) is 15.1. The number of carbonyl (C=O) groups excluding carboxylic acids is 1. The third-order valence-corrected chi connectivity index (χ3v) is 3.90. The van der Waals surface area contributed by atoms with E-state index in [1.54, 1.807) is 18.5 Å². The average Bonchev–Trinajstić information content (AvgIpc) is 3.05. The molecule has 2 aromatic heterocycles. The Hall–Kier alpha value is -2.82. The number of rotatable bonds is 5. The van der Waals surface area contributed by atoms with Crippen LogP contribution in [-0.2, 0) is 0 Å². The Labute approximate surface area is 135 Å². The van der Waals surface area contributed by atoms with Gasteiger partial charge in [-0.2, -0.15) is 0 Å². The quantitative estimate of drug-likeness (QED) is 0.785. The van der Waals surface area contributed by atoms with Crippen LogP contribution in [0.25, 0.3) is 5.65 Å². The zero-order chi connectivity index (χ0) is 16.2. The Balaban J connectivity index is 1.74. The van der Waals surface area contributed by atoms with Gasteiger partial charge < -0.3 is 14.6 Å². The van der Waals surface area contributed by atoms with Gasteiger partial charge in [0.1, 0.15) is 5.65 Å². The maximum Gasteiger partial charge on any atom is 0.257 e. The minimum Gasteiger partial charge on any atom is -0.372 e. The van der Waals surface area contributed by atoms with Crippen molar-refractivity contribution in [3.8, 4) is 0 Å². The Morgan fingerprint density at radius 1 is 1.13 bits per heavy atom. The van der Waals surface area contributed by atoms with Crippen molar-refractivity contribution in [2.75, 3.05) is 23.3 Å². The van der Waals surface area contributed by atoms with E-state index in [0.717, 1.165) is 30.1 Å². The molecule has 5 nitrogen and oxygen atoms in total. The van der Waals surface area contributed by atoms with Crippen LogP contribution in [0, 0.1) is 0 Å². The van der Waals surface area contributed by atoms with Gasteiger partial charge in [0, 0.05) is 43.1 Å². The molecule has 0 atom stereocenters.